The van der Waals surface area contributed by atoms with Crippen LogP contribution in [-0.4, -0.2) is 35.6 Å². The van der Waals surface area contributed by atoms with Gasteiger partial charge < -0.3 is 9.88 Å². The number of nitrogens with zero attached hydrogens (tertiary/aromatic N) is 6. The van der Waals surface area contributed by atoms with Crippen LogP contribution in [-0.2, 0) is 7.05 Å². The smallest absolute Gasteiger partial charge is 0.287 e. The first kappa shape index (κ1) is 15.3. The second kappa shape index (κ2) is 6.02. The van der Waals surface area contributed by atoms with Gasteiger partial charge in [-0.05, 0) is 19.1 Å². The van der Waals surface area contributed by atoms with Crippen molar-refractivity contribution in [3.05, 3.63) is 46.9 Å². The van der Waals surface area contributed by atoms with Crippen LogP contribution in [0.1, 0.15) is 14.8 Å². The summed E-state index contributed by atoms with van der Waals surface area (Å²) < 4.78 is 1.90. The van der Waals surface area contributed by atoms with Crippen LogP contribution in [0, 0.1) is 6.92 Å². The van der Waals surface area contributed by atoms with E-state index in [9.17, 15) is 4.79 Å². The van der Waals surface area contributed by atoms with Crippen LogP contribution in [0.2, 0.25) is 0 Å². The minimum absolute atomic E-state index is 0.302. The molecule has 0 atom stereocenters. The number of aromatic nitrogens is 6. The highest BCUT2D eigenvalue weighted by atomic mass is 32.1. The molecule has 4 aromatic heterocycles. The molecular formula is C16H13N7OS. The third-order valence-electron chi connectivity index (χ3n) is 3.61. The predicted molar refractivity (Wildman–Crippen MR) is 94.3 cm³/mol. The van der Waals surface area contributed by atoms with E-state index in [1.165, 1.54) is 11.3 Å². The van der Waals surface area contributed by atoms with Gasteiger partial charge in [-0.25, -0.2) is 15.0 Å². The second-order valence-corrected chi connectivity index (χ2v) is 6.61. The van der Waals surface area contributed by atoms with Crippen LogP contribution >= 0.6 is 11.3 Å². The van der Waals surface area contributed by atoms with Crippen molar-refractivity contribution in [1.82, 2.24) is 29.7 Å². The Kier molecular flexibility index (Phi) is 3.69. The first-order chi connectivity index (χ1) is 12.1. The molecule has 0 saturated heterocycles. The van der Waals surface area contributed by atoms with Gasteiger partial charge in [0.1, 0.15) is 10.8 Å². The van der Waals surface area contributed by atoms with Crippen molar-refractivity contribution < 1.29 is 4.79 Å². The largest absolute Gasteiger partial charge is 0.332 e. The van der Waals surface area contributed by atoms with E-state index in [0.717, 1.165) is 27.3 Å². The van der Waals surface area contributed by atoms with Gasteiger partial charge in [-0.1, -0.05) is 11.3 Å². The molecule has 124 valence electrons. The van der Waals surface area contributed by atoms with Crippen molar-refractivity contribution >= 4 is 34.0 Å². The Morgan fingerprint density at radius 3 is 2.84 bits per heavy atom. The highest BCUT2D eigenvalue weighted by Gasteiger charge is 2.13. The summed E-state index contributed by atoms with van der Waals surface area (Å²) in [7, 11) is 1.91. The summed E-state index contributed by atoms with van der Waals surface area (Å²) in [5.74, 6) is 0.0836. The predicted octanol–water partition coefficient (Wildman–Crippen LogP) is 2.44. The van der Waals surface area contributed by atoms with E-state index in [2.05, 4.69) is 30.5 Å². The van der Waals surface area contributed by atoms with Crippen LogP contribution in [0.25, 0.3) is 22.3 Å². The van der Waals surface area contributed by atoms with E-state index < -0.39 is 0 Å². The number of aryl methyl sites for hydroxylation is 2. The first-order valence-corrected chi connectivity index (χ1v) is 8.27. The van der Waals surface area contributed by atoms with Gasteiger partial charge in [0.2, 0.25) is 5.01 Å². The molecule has 0 aromatic carbocycles. The molecule has 4 aromatic rings. The van der Waals surface area contributed by atoms with Gasteiger partial charge in [0.25, 0.3) is 5.91 Å². The fourth-order valence-electron chi connectivity index (χ4n) is 2.39. The Morgan fingerprint density at radius 2 is 2.12 bits per heavy atom. The summed E-state index contributed by atoms with van der Waals surface area (Å²) in [6.07, 6.45) is 5.16. The molecule has 0 aliphatic rings. The monoisotopic (exact) mass is 351 g/mol. The number of pyridine rings is 2. The average Bonchev–Trinajstić information content (AvgIpc) is 3.22. The molecule has 4 heterocycles. The molecule has 1 N–H and O–H groups in total. The molecule has 0 aliphatic heterocycles. The molecule has 0 unspecified atom stereocenters. The van der Waals surface area contributed by atoms with Crippen LogP contribution in [0.15, 0.2) is 36.9 Å². The van der Waals surface area contributed by atoms with Crippen LogP contribution in [0.3, 0.4) is 0 Å². The number of nitrogens with one attached hydrogen (secondary N) is 1. The highest BCUT2D eigenvalue weighted by molar-refractivity contribution is 7.13. The number of anilines is 1. The molecule has 0 bridgehead atoms. The maximum Gasteiger partial charge on any atom is 0.287 e. The topological polar surface area (TPSA) is 98.5 Å². The van der Waals surface area contributed by atoms with Crippen LogP contribution < -0.4 is 5.32 Å². The van der Waals surface area contributed by atoms with Gasteiger partial charge in [-0.2, -0.15) is 0 Å². The number of rotatable bonds is 3. The molecule has 0 fully saturated rings. The first-order valence-electron chi connectivity index (χ1n) is 7.45. The molecule has 0 radical (unpaired) electrons. The summed E-state index contributed by atoms with van der Waals surface area (Å²) in [6.45, 7) is 1.80. The van der Waals surface area contributed by atoms with E-state index in [-0.39, 0.29) is 5.91 Å². The Balaban J connectivity index is 1.67. The maximum atomic E-state index is 12.2. The number of fused-ring (bicyclic) bond motifs is 1. The summed E-state index contributed by atoms with van der Waals surface area (Å²) in [4.78, 5) is 25.2. The zero-order valence-corrected chi connectivity index (χ0v) is 14.3. The summed E-state index contributed by atoms with van der Waals surface area (Å²) in [5.41, 5.74) is 2.45. The van der Waals surface area contributed by atoms with Gasteiger partial charge in [-0.3, -0.25) is 4.79 Å². The lowest BCUT2D eigenvalue weighted by molar-refractivity contribution is 0.102. The molecule has 0 aliphatic carbocycles. The number of carbonyl (C=O) groups is 1. The van der Waals surface area contributed by atoms with E-state index in [1.807, 2.05) is 23.7 Å². The Labute approximate surface area is 146 Å². The maximum absolute atomic E-state index is 12.2. The van der Waals surface area contributed by atoms with Crippen molar-refractivity contribution in [2.24, 2.45) is 7.05 Å². The zero-order valence-electron chi connectivity index (χ0n) is 13.5. The van der Waals surface area contributed by atoms with E-state index in [0.29, 0.717) is 10.8 Å². The van der Waals surface area contributed by atoms with Crippen LogP contribution in [0.4, 0.5) is 5.82 Å². The average molecular weight is 351 g/mol. The molecule has 8 nitrogen and oxygen atoms in total. The number of imidazole rings is 1. The fourth-order valence-corrected chi connectivity index (χ4v) is 2.98. The van der Waals surface area contributed by atoms with Crippen molar-refractivity contribution in [1.29, 1.82) is 0 Å². The SMILES string of the molecule is Cc1nnc(C(=O)Nc2cc3nc(-c4cncn4C)ccc3cn2)s1. The summed E-state index contributed by atoms with van der Waals surface area (Å²) in [6, 6.07) is 5.60. The normalized spacial score (nSPS) is 11.0. The summed E-state index contributed by atoms with van der Waals surface area (Å²) in [5, 5.41) is 12.3. The number of carbonyl (C=O) groups excluding carboxylic acids is 1. The standard InChI is InChI=1S/C16H13N7OS/c1-9-21-22-16(25-9)15(24)20-14-5-12-10(6-18-14)3-4-11(19-12)13-7-17-8-23(13)2/h3-8H,1-2H3,(H,18,20,24). The van der Waals surface area contributed by atoms with Crippen molar-refractivity contribution in [3.8, 4) is 11.4 Å². The van der Waals surface area contributed by atoms with E-state index >= 15 is 0 Å². The van der Waals surface area contributed by atoms with Crippen LogP contribution in [0.5, 0.6) is 0 Å². The van der Waals surface area contributed by atoms with E-state index in [4.69, 9.17) is 0 Å². The van der Waals surface area contributed by atoms with Gasteiger partial charge in [0.05, 0.1) is 29.4 Å². The lowest BCUT2D eigenvalue weighted by Crippen LogP contribution is -2.12. The molecule has 1 amide bonds. The third kappa shape index (κ3) is 2.96. The van der Waals surface area contributed by atoms with Gasteiger partial charge >= 0.3 is 0 Å². The number of amides is 1. The molecule has 4 rings (SSSR count). The van der Waals surface area contributed by atoms with Gasteiger partial charge in [0, 0.05) is 24.7 Å². The number of hydrogen-bond donors (Lipinski definition) is 1. The quantitative estimate of drug-likeness (QED) is 0.609. The van der Waals surface area contributed by atoms with E-state index in [1.54, 1.807) is 31.7 Å². The van der Waals surface area contributed by atoms with Crippen molar-refractivity contribution in [2.45, 2.75) is 6.92 Å². The van der Waals surface area contributed by atoms with Gasteiger partial charge in [0.15, 0.2) is 0 Å². The lowest BCUT2D eigenvalue weighted by atomic mass is 10.2. The molecule has 9 heteroatoms. The van der Waals surface area contributed by atoms with Crippen molar-refractivity contribution in [2.75, 3.05) is 5.32 Å². The Hall–Kier alpha value is -3.20. The Morgan fingerprint density at radius 1 is 1.24 bits per heavy atom. The minimum atomic E-state index is -0.333. The summed E-state index contributed by atoms with van der Waals surface area (Å²) >= 11 is 1.23. The van der Waals surface area contributed by atoms with Crippen molar-refractivity contribution in [3.63, 3.8) is 0 Å². The number of hydrogen-bond acceptors (Lipinski definition) is 7. The Bertz CT molecular complexity index is 1080. The zero-order chi connectivity index (χ0) is 17.4. The second-order valence-electron chi connectivity index (χ2n) is 5.43. The minimum Gasteiger partial charge on any atom is -0.332 e. The lowest BCUT2D eigenvalue weighted by Gasteiger charge is -2.06. The molecule has 0 spiro atoms. The fraction of sp³-hybridized carbons (Fsp3) is 0.125. The third-order valence-corrected chi connectivity index (χ3v) is 4.45. The highest BCUT2D eigenvalue weighted by Crippen LogP contribution is 2.21. The molecular weight excluding hydrogens is 338 g/mol. The molecule has 25 heavy (non-hydrogen) atoms. The molecule has 0 saturated carbocycles. The van der Waals surface area contributed by atoms with Gasteiger partial charge in [-0.15, -0.1) is 10.2 Å².